The van der Waals surface area contributed by atoms with E-state index in [4.69, 9.17) is 51.6 Å². The lowest BCUT2D eigenvalue weighted by molar-refractivity contribution is -0.142. The van der Waals surface area contributed by atoms with Gasteiger partial charge in [0.2, 0.25) is 65.0 Å². The van der Waals surface area contributed by atoms with Crippen molar-refractivity contribution < 1.29 is 57.8 Å². The van der Waals surface area contributed by atoms with Crippen molar-refractivity contribution >= 4 is 82.9 Å². The Balaban J connectivity index is 1.88. The maximum absolute atomic E-state index is 14.6. The van der Waals surface area contributed by atoms with Gasteiger partial charge in [-0.2, -0.15) is 0 Å². The van der Waals surface area contributed by atoms with Gasteiger partial charge in [-0.25, -0.2) is 0 Å². The number of rotatable bonds is 42. The molecule has 0 aliphatic carbocycles. The lowest BCUT2D eigenvalue weighted by atomic mass is 9.99. The third-order valence-electron chi connectivity index (χ3n) is 15.3. The molecule has 0 unspecified atom stereocenters. The van der Waals surface area contributed by atoms with Crippen LogP contribution in [-0.4, -0.2) is 205 Å². The van der Waals surface area contributed by atoms with Crippen LogP contribution in [0.3, 0.4) is 0 Å². The third-order valence-corrected chi connectivity index (χ3v) is 15.3. The van der Waals surface area contributed by atoms with E-state index in [2.05, 4.69) is 57.5 Å². The second-order valence-electron chi connectivity index (χ2n) is 23.6. The first kappa shape index (κ1) is 79.4. The Morgan fingerprint density at radius 3 is 1.61 bits per heavy atom. The number of nitrogens with two attached hydrogens (primary N) is 9. The molecule has 1 fully saturated rings. The van der Waals surface area contributed by atoms with E-state index in [0.717, 1.165) is 4.90 Å². The van der Waals surface area contributed by atoms with Crippen molar-refractivity contribution in [2.24, 2.45) is 72.5 Å². The molecule has 0 radical (unpaired) electrons. The Hall–Kier alpha value is -9.86. The fourth-order valence-corrected chi connectivity index (χ4v) is 10.1. The molecule has 1 heterocycles. The molecule has 0 aromatic heterocycles. The number of carbonyl (C=O) groups excluding carboxylic acids is 11. The Labute approximate surface area is 553 Å². The normalized spacial score (nSPS) is 15.1. The fourth-order valence-electron chi connectivity index (χ4n) is 10.1. The molecule has 0 bridgehead atoms. The molecule has 2 aromatic carbocycles. The molecular weight excluding hydrogens is 1230 g/mol. The number of nitrogens with zero attached hydrogens (tertiary/aromatic N) is 5. The van der Waals surface area contributed by atoms with E-state index >= 15 is 0 Å². The number of hydrogen-bond acceptors (Lipinski definition) is 17. The second-order valence-corrected chi connectivity index (χ2v) is 23.6. The molecule has 34 nitrogen and oxygen atoms in total. The Morgan fingerprint density at radius 1 is 0.568 bits per heavy atom. The first-order chi connectivity index (χ1) is 45.0. The molecule has 1 saturated heterocycles. The molecule has 95 heavy (non-hydrogen) atoms. The van der Waals surface area contributed by atoms with E-state index in [-0.39, 0.29) is 126 Å². The van der Waals surface area contributed by atoms with Crippen molar-refractivity contribution in [2.45, 2.75) is 165 Å². The van der Waals surface area contributed by atoms with Crippen molar-refractivity contribution in [3.8, 4) is 5.75 Å². The number of amides is 11. The average molecular weight is 1330 g/mol. The summed E-state index contributed by atoms with van der Waals surface area (Å²) in [6.07, 6.45) is 2.23. The van der Waals surface area contributed by atoms with Crippen LogP contribution < -0.4 is 94.1 Å². The second kappa shape index (κ2) is 41.7. The van der Waals surface area contributed by atoms with Crippen LogP contribution in [0.2, 0.25) is 0 Å². The average Bonchev–Trinajstić information content (AvgIpc) is 1.77. The summed E-state index contributed by atoms with van der Waals surface area (Å²) in [6.45, 7) is 4.37. The third kappa shape index (κ3) is 29.7. The number of nitrogens with one attached hydrogen (secondary N) is 8. The largest absolute Gasteiger partial charge is 0.508 e. The van der Waals surface area contributed by atoms with Crippen LogP contribution in [0.4, 0.5) is 0 Å². The molecule has 1 aliphatic rings. The maximum atomic E-state index is 14.6. The van der Waals surface area contributed by atoms with Gasteiger partial charge >= 0.3 is 0 Å². The van der Waals surface area contributed by atoms with Crippen molar-refractivity contribution in [3.05, 3.63) is 65.7 Å². The van der Waals surface area contributed by atoms with Gasteiger partial charge in [0.25, 0.3) is 0 Å². The highest BCUT2D eigenvalue weighted by molar-refractivity contribution is 5.99. The number of phenols is 1. The number of benzene rings is 2. The van der Waals surface area contributed by atoms with Crippen LogP contribution in [0.15, 0.2) is 69.6 Å². The van der Waals surface area contributed by atoms with E-state index in [0.29, 0.717) is 36.9 Å². The molecule has 9 atom stereocenters. The maximum Gasteiger partial charge on any atom is 0.245 e. The molecule has 0 spiro atoms. The summed E-state index contributed by atoms with van der Waals surface area (Å²) in [7, 11) is 1.35. The molecule has 34 heteroatoms. The Morgan fingerprint density at radius 2 is 1.07 bits per heavy atom. The quantitative estimate of drug-likeness (QED) is 0.0167. The minimum absolute atomic E-state index is 0.00438. The van der Waals surface area contributed by atoms with E-state index < -0.39 is 132 Å². The predicted molar refractivity (Wildman–Crippen MR) is 356 cm³/mol. The van der Waals surface area contributed by atoms with Crippen LogP contribution in [-0.2, 0) is 65.6 Å². The monoisotopic (exact) mass is 1330 g/mol. The van der Waals surface area contributed by atoms with Gasteiger partial charge in [0.1, 0.15) is 54.1 Å². The zero-order valence-corrected chi connectivity index (χ0v) is 54.7. The molecule has 11 amide bonds. The van der Waals surface area contributed by atoms with Crippen LogP contribution in [0.5, 0.6) is 5.75 Å². The van der Waals surface area contributed by atoms with Gasteiger partial charge in [-0.05, 0) is 126 Å². The molecule has 2 aromatic rings. The molecule has 526 valence electrons. The van der Waals surface area contributed by atoms with Gasteiger partial charge in [0.05, 0.1) is 19.1 Å². The number of guanidine groups is 3. The van der Waals surface area contributed by atoms with Crippen LogP contribution in [0.1, 0.15) is 109 Å². The summed E-state index contributed by atoms with van der Waals surface area (Å²) < 4.78 is 0. The predicted octanol–water partition coefficient (Wildman–Crippen LogP) is -5.69. The number of aliphatic imine (C=N–C) groups is 3. The lowest BCUT2D eigenvalue weighted by Gasteiger charge is -2.31. The SMILES string of the molecule is CC(C)C[C@H](NC(=O)[C@@H](Cc1ccccc1)N(C)C(=O)CNC(=O)CNC(=O)[C@@H](N)Cc1ccc(O)cc1)C(=O)N[C@@H](CCCN=C(N)N)C(=O)N[C@@H](CCCN=C(N)N)C(=O)N[C@H](C)C(=O)N[C@@H](CCCN=C(N)N)C(=O)N1CCC[C@H]1C(=O)N[C@@H](CCCCN)C(N)=O. The number of aromatic hydroxyl groups is 1. The molecule has 3 rings (SSSR count). The standard InChI is InChI=1S/C61H100N22O12/c1-35(2)30-45(81-57(94)47(32-37-14-6-5-7-15-37)82(4)49(86)34-74-48(85)33-75-52(89)40(63)31-38-21-23-39(84)24-22-38)55(92)79-43(18-11-27-72-60(67)68)54(91)78-42(17-10-26-71-59(65)66)53(90)76-36(3)51(88)80-44(19-12-28-73-61(69)70)58(95)83-29-13-20-46(83)56(93)77-41(50(64)87)16-8-9-25-62/h5-7,14-15,21-24,35-36,40-47,84H,8-13,16-20,25-34,62-63H2,1-4H3,(H2,64,87)(H,74,85)(H,75,89)(H,76,90)(H,77,93)(H,78,91)(H,79,92)(H,80,88)(H,81,94)(H4,65,66,71)(H4,67,68,72)(H4,69,70,73)/t36-,40+,41+,42+,43+,44+,45+,46+,47-/m1/s1. The summed E-state index contributed by atoms with van der Waals surface area (Å²) >= 11 is 0. The number of hydrogen-bond donors (Lipinski definition) is 18. The minimum Gasteiger partial charge on any atom is -0.508 e. The van der Waals surface area contributed by atoms with Crippen molar-refractivity contribution in [3.63, 3.8) is 0 Å². The number of likely N-dealkylation sites (tertiary alicyclic amines) is 1. The van der Waals surface area contributed by atoms with E-state index in [9.17, 15) is 57.8 Å². The number of phenolic OH excluding ortho intramolecular Hbond substituents is 1. The first-order valence-electron chi connectivity index (χ1n) is 31.7. The van der Waals surface area contributed by atoms with Crippen LogP contribution >= 0.6 is 0 Å². The molecular formula is C61H100N22O12. The molecule has 27 N–H and O–H groups in total. The van der Waals surface area contributed by atoms with Gasteiger partial charge < -0.3 is 109 Å². The smallest absolute Gasteiger partial charge is 0.245 e. The van der Waals surface area contributed by atoms with E-state index in [1.165, 1.54) is 31.0 Å². The molecule has 0 saturated carbocycles. The van der Waals surface area contributed by atoms with Gasteiger partial charge in [0.15, 0.2) is 17.9 Å². The highest BCUT2D eigenvalue weighted by Crippen LogP contribution is 2.21. The lowest BCUT2D eigenvalue weighted by Crippen LogP contribution is -2.60. The van der Waals surface area contributed by atoms with Crippen LogP contribution in [0.25, 0.3) is 0 Å². The number of primary amides is 1. The highest BCUT2D eigenvalue weighted by atomic mass is 16.3. The minimum atomic E-state index is -1.43. The number of likely N-dealkylation sites (N-methyl/N-ethyl adjacent to an activating group) is 1. The van der Waals surface area contributed by atoms with Gasteiger partial charge in [0, 0.05) is 39.6 Å². The van der Waals surface area contributed by atoms with E-state index in [1.54, 1.807) is 56.3 Å². The zero-order valence-electron chi connectivity index (χ0n) is 54.7. The van der Waals surface area contributed by atoms with Gasteiger partial charge in [-0.3, -0.25) is 67.7 Å². The topological polar surface area (TPSA) is 582 Å². The summed E-state index contributed by atoms with van der Waals surface area (Å²) in [5, 5.41) is 30.6. The van der Waals surface area contributed by atoms with Crippen molar-refractivity contribution in [1.29, 1.82) is 0 Å². The summed E-state index contributed by atoms with van der Waals surface area (Å²) in [4.78, 5) is 166. The molecule has 1 aliphatic heterocycles. The highest BCUT2D eigenvalue weighted by Gasteiger charge is 2.40. The van der Waals surface area contributed by atoms with Gasteiger partial charge in [-0.1, -0.05) is 56.3 Å². The zero-order chi connectivity index (χ0) is 70.7. The summed E-state index contributed by atoms with van der Waals surface area (Å²) in [6, 6.07) is 3.60. The Bertz CT molecular complexity index is 2960. The first-order valence-corrected chi connectivity index (χ1v) is 31.7. The van der Waals surface area contributed by atoms with Crippen LogP contribution in [0, 0.1) is 5.92 Å². The Kier molecular flexibility index (Phi) is 34.8. The fraction of sp³-hybridized carbons (Fsp3) is 0.574. The van der Waals surface area contributed by atoms with Crippen molar-refractivity contribution in [1.82, 2.24) is 52.3 Å². The van der Waals surface area contributed by atoms with Gasteiger partial charge in [-0.15, -0.1) is 0 Å². The number of carbonyl (C=O) groups is 11. The summed E-state index contributed by atoms with van der Waals surface area (Å²) in [5.41, 5.74) is 51.9. The van der Waals surface area contributed by atoms with E-state index in [1.807, 2.05) is 0 Å². The van der Waals surface area contributed by atoms with Crippen molar-refractivity contribution in [2.75, 3.05) is 52.9 Å². The summed E-state index contributed by atoms with van der Waals surface area (Å²) in [5.74, 6) is -9.19. The number of unbranched alkanes of at least 4 members (excludes halogenated alkanes) is 1.